The summed E-state index contributed by atoms with van der Waals surface area (Å²) in [4.78, 5) is 38.1. The van der Waals surface area contributed by atoms with Crippen LogP contribution in [0.5, 0.6) is 0 Å². The zero-order valence-electron chi connectivity index (χ0n) is 46.7. The molecule has 0 aliphatic carbocycles. The molecule has 0 aromatic rings. The summed E-state index contributed by atoms with van der Waals surface area (Å²) in [6.45, 7) is 6.32. The van der Waals surface area contributed by atoms with E-state index in [0.717, 1.165) is 96.3 Å². The first-order valence-corrected chi connectivity index (χ1v) is 29.5. The number of hydrogen-bond acceptors (Lipinski definition) is 6. The summed E-state index contributed by atoms with van der Waals surface area (Å²) in [5.41, 5.74) is 0. The molecule has 6 heteroatoms. The average Bonchev–Trinajstić information content (AvgIpc) is 3.38. The SMILES string of the molecule is CC/C=C\C/C=C\C/C=C\C/C=C\C/C=C\C/C=C\CCCCC(=O)OCC(COC(=O)CC/C=C\C/C=C\C/C=C\C/C=C\CC)OC(=O)CCCCCCCCCCCCCCCCCCCCCC. The van der Waals surface area contributed by atoms with Gasteiger partial charge in [-0.25, -0.2) is 0 Å². The number of ether oxygens (including phenoxy) is 3. The molecule has 0 saturated carbocycles. The lowest BCUT2D eigenvalue weighted by Crippen LogP contribution is -2.30. The molecular formula is C66H108O6. The fourth-order valence-electron chi connectivity index (χ4n) is 7.87. The second kappa shape index (κ2) is 59.4. The van der Waals surface area contributed by atoms with E-state index in [-0.39, 0.29) is 44.0 Å². The minimum atomic E-state index is -0.827. The van der Waals surface area contributed by atoms with Crippen LogP contribution < -0.4 is 0 Å². The first-order chi connectivity index (χ1) is 35.5. The van der Waals surface area contributed by atoms with Gasteiger partial charge < -0.3 is 14.2 Å². The van der Waals surface area contributed by atoms with Crippen LogP contribution in [0.3, 0.4) is 0 Å². The molecule has 0 amide bonds. The third-order valence-electron chi connectivity index (χ3n) is 12.2. The zero-order chi connectivity index (χ0) is 52.2. The van der Waals surface area contributed by atoms with E-state index >= 15 is 0 Å². The molecule has 0 N–H and O–H groups in total. The van der Waals surface area contributed by atoms with E-state index in [1.165, 1.54) is 109 Å². The Hall–Kier alpha value is -4.19. The van der Waals surface area contributed by atoms with Crippen molar-refractivity contribution in [2.45, 2.75) is 264 Å². The van der Waals surface area contributed by atoms with Crippen molar-refractivity contribution in [3.63, 3.8) is 0 Å². The number of rotatable bonds is 52. The van der Waals surface area contributed by atoms with E-state index < -0.39 is 6.10 Å². The Balaban J connectivity index is 4.48. The van der Waals surface area contributed by atoms with Crippen LogP contribution in [0.1, 0.15) is 258 Å². The summed E-state index contributed by atoms with van der Waals surface area (Å²) in [5.74, 6) is -1.04. The molecule has 1 atom stereocenters. The standard InChI is InChI=1S/C66H108O6/c1-4-7-10-13-16-19-22-25-27-29-31-33-35-36-38-41-44-47-50-53-56-59-65(68)71-62-63(61-70-64(67)58-55-52-49-46-43-40-24-21-18-15-12-9-6-3)72-66(69)60-57-54-51-48-45-42-39-37-34-32-30-28-26-23-20-17-14-11-8-5-2/h7,9-10,12,16,18-19,21,25,27,31,33,36,38,40,43-44,47,49,52,63H,4-6,8,11,13-15,17,20,22-24,26,28-30,32,34-35,37,39,41-42,45-46,48,50-51,53-62H2,1-3H3/b10-7-,12-9-,19-16-,21-18-,27-25-,33-31-,38-36-,43-40-,47-44-,52-49-. The Morgan fingerprint density at radius 1 is 0.292 bits per heavy atom. The van der Waals surface area contributed by atoms with Crippen molar-refractivity contribution in [2.75, 3.05) is 13.2 Å². The maximum absolute atomic E-state index is 12.9. The molecule has 0 aromatic heterocycles. The van der Waals surface area contributed by atoms with E-state index in [9.17, 15) is 14.4 Å². The zero-order valence-corrected chi connectivity index (χ0v) is 46.7. The molecule has 0 fully saturated rings. The summed E-state index contributed by atoms with van der Waals surface area (Å²) in [5, 5.41) is 0. The molecule has 1 unspecified atom stereocenters. The molecule has 72 heavy (non-hydrogen) atoms. The van der Waals surface area contributed by atoms with Gasteiger partial charge >= 0.3 is 17.9 Å². The maximum atomic E-state index is 12.9. The molecular weight excluding hydrogens is 889 g/mol. The number of hydrogen-bond donors (Lipinski definition) is 0. The molecule has 408 valence electrons. The lowest BCUT2D eigenvalue weighted by Gasteiger charge is -2.18. The molecule has 0 aromatic carbocycles. The summed E-state index contributed by atoms with van der Waals surface area (Å²) in [6, 6.07) is 0. The third-order valence-corrected chi connectivity index (χ3v) is 12.2. The van der Waals surface area contributed by atoms with E-state index in [4.69, 9.17) is 14.2 Å². The number of allylic oxidation sites excluding steroid dienone is 20. The number of esters is 3. The van der Waals surface area contributed by atoms with Crippen LogP contribution >= 0.6 is 0 Å². The van der Waals surface area contributed by atoms with Gasteiger partial charge in [-0.1, -0.05) is 264 Å². The summed E-state index contributed by atoms with van der Waals surface area (Å²) in [7, 11) is 0. The van der Waals surface area contributed by atoms with Gasteiger partial charge in [-0.2, -0.15) is 0 Å². The molecule has 0 radical (unpaired) electrons. The van der Waals surface area contributed by atoms with Crippen molar-refractivity contribution < 1.29 is 28.6 Å². The van der Waals surface area contributed by atoms with Gasteiger partial charge in [0.25, 0.3) is 0 Å². The van der Waals surface area contributed by atoms with Crippen LogP contribution in [0.4, 0.5) is 0 Å². The van der Waals surface area contributed by atoms with Gasteiger partial charge in [0, 0.05) is 19.3 Å². The monoisotopic (exact) mass is 997 g/mol. The summed E-state index contributed by atoms with van der Waals surface area (Å²) < 4.78 is 16.8. The summed E-state index contributed by atoms with van der Waals surface area (Å²) in [6.07, 6.45) is 82.2. The van der Waals surface area contributed by atoms with Crippen LogP contribution in [0, 0.1) is 0 Å². The highest BCUT2D eigenvalue weighted by Gasteiger charge is 2.19. The van der Waals surface area contributed by atoms with Crippen LogP contribution in [-0.2, 0) is 28.6 Å². The Bertz CT molecular complexity index is 1520. The summed E-state index contributed by atoms with van der Waals surface area (Å²) >= 11 is 0. The predicted octanol–water partition coefficient (Wildman–Crippen LogP) is 20.0. The Morgan fingerprint density at radius 3 is 0.931 bits per heavy atom. The van der Waals surface area contributed by atoms with Gasteiger partial charge in [-0.3, -0.25) is 14.4 Å². The van der Waals surface area contributed by atoms with Crippen molar-refractivity contribution >= 4 is 17.9 Å². The topological polar surface area (TPSA) is 78.9 Å². The minimum Gasteiger partial charge on any atom is -0.462 e. The van der Waals surface area contributed by atoms with Crippen LogP contribution in [0.2, 0.25) is 0 Å². The molecule has 0 saturated heterocycles. The van der Waals surface area contributed by atoms with Gasteiger partial charge in [0.15, 0.2) is 6.10 Å². The second-order valence-corrected chi connectivity index (χ2v) is 19.1. The Kier molecular flexibility index (Phi) is 55.9. The highest BCUT2D eigenvalue weighted by Crippen LogP contribution is 2.16. The Labute approximate surface area is 443 Å². The first-order valence-electron chi connectivity index (χ1n) is 29.5. The van der Waals surface area contributed by atoms with Crippen molar-refractivity contribution in [1.82, 2.24) is 0 Å². The maximum Gasteiger partial charge on any atom is 0.306 e. The van der Waals surface area contributed by atoms with Gasteiger partial charge in [-0.05, 0) is 96.3 Å². The molecule has 0 bridgehead atoms. The molecule has 0 rings (SSSR count). The highest BCUT2D eigenvalue weighted by molar-refractivity contribution is 5.71. The van der Waals surface area contributed by atoms with E-state index in [1.807, 2.05) is 12.2 Å². The second-order valence-electron chi connectivity index (χ2n) is 19.1. The van der Waals surface area contributed by atoms with Crippen LogP contribution in [-0.4, -0.2) is 37.2 Å². The fourth-order valence-corrected chi connectivity index (χ4v) is 7.87. The van der Waals surface area contributed by atoms with Crippen molar-refractivity contribution in [3.05, 3.63) is 122 Å². The van der Waals surface area contributed by atoms with E-state index in [2.05, 4.69) is 130 Å². The van der Waals surface area contributed by atoms with Gasteiger partial charge in [0.2, 0.25) is 0 Å². The third kappa shape index (κ3) is 56.7. The molecule has 0 aliphatic heterocycles. The molecule has 0 spiro atoms. The smallest absolute Gasteiger partial charge is 0.306 e. The van der Waals surface area contributed by atoms with Crippen molar-refractivity contribution in [3.8, 4) is 0 Å². The van der Waals surface area contributed by atoms with Crippen LogP contribution in [0.25, 0.3) is 0 Å². The number of carbonyl (C=O) groups is 3. The molecule has 0 aliphatic rings. The van der Waals surface area contributed by atoms with Crippen LogP contribution in [0.15, 0.2) is 122 Å². The fraction of sp³-hybridized carbons (Fsp3) is 0.652. The van der Waals surface area contributed by atoms with E-state index in [0.29, 0.717) is 19.3 Å². The van der Waals surface area contributed by atoms with Crippen molar-refractivity contribution in [2.24, 2.45) is 0 Å². The number of unbranched alkanes of at least 4 members (excludes halogenated alkanes) is 21. The Morgan fingerprint density at radius 2 is 0.569 bits per heavy atom. The first kappa shape index (κ1) is 67.8. The average molecular weight is 998 g/mol. The van der Waals surface area contributed by atoms with Crippen molar-refractivity contribution in [1.29, 1.82) is 0 Å². The van der Waals surface area contributed by atoms with Gasteiger partial charge in [0.05, 0.1) is 0 Å². The highest BCUT2D eigenvalue weighted by atomic mass is 16.6. The van der Waals surface area contributed by atoms with Gasteiger partial charge in [0.1, 0.15) is 13.2 Å². The molecule has 6 nitrogen and oxygen atoms in total. The number of carbonyl (C=O) groups excluding carboxylic acids is 3. The minimum absolute atomic E-state index is 0.124. The largest absolute Gasteiger partial charge is 0.462 e. The molecule has 0 heterocycles. The normalized spacial score (nSPS) is 13.0. The lowest BCUT2D eigenvalue weighted by molar-refractivity contribution is -0.166. The lowest BCUT2D eigenvalue weighted by atomic mass is 10.0. The predicted molar refractivity (Wildman–Crippen MR) is 311 cm³/mol. The quantitative estimate of drug-likeness (QED) is 0.0261. The van der Waals surface area contributed by atoms with Gasteiger partial charge in [-0.15, -0.1) is 0 Å². The van der Waals surface area contributed by atoms with E-state index in [1.54, 1.807) is 0 Å².